The Bertz CT molecular complexity index is 1060. The number of urea groups is 1. The number of anilines is 2. The number of hydrogen-bond donors (Lipinski definition) is 1. The Hall–Kier alpha value is -3.48. The van der Waals surface area contributed by atoms with Gasteiger partial charge in [0.25, 0.3) is 0 Å². The predicted octanol–water partition coefficient (Wildman–Crippen LogP) is 4.18. The molecule has 1 fully saturated rings. The Morgan fingerprint density at radius 1 is 1.00 bits per heavy atom. The van der Waals surface area contributed by atoms with E-state index in [9.17, 15) is 9.18 Å². The van der Waals surface area contributed by atoms with Gasteiger partial charge >= 0.3 is 6.03 Å². The molecule has 0 bridgehead atoms. The number of carbonyl (C=O) groups is 1. The maximum atomic E-state index is 13.4. The molecule has 1 aliphatic rings. The van der Waals surface area contributed by atoms with Crippen LogP contribution in [0.15, 0.2) is 54.6 Å². The molecular formula is C24H26FN5O. The molecule has 0 spiro atoms. The van der Waals surface area contributed by atoms with Gasteiger partial charge in [-0.05, 0) is 37.6 Å². The Balaban J connectivity index is 1.46. The van der Waals surface area contributed by atoms with Crippen molar-refractivity contribution in [1.82, 2.24) is 14.9 Å². The van der Waals surface area contributed by atoms with Crippen LogP contribution in [0.25, 0.3) is 0 Å². The van der Waals surface area contributed by atoms with Gasteiger partial charge in [-0.1, -0.05) is 36.4 Å². The molecule has 1 aromatic heterocycles. The molecule has 0 radical (unpaired) electrons. The van der Waals surface area contributed by atoms with Gasteiger partial charge in [0.2, 0.25) is 0 Å². The van der Waals surface area contributed by atoms with Crippen LogP contribution >= 0.6 is 0 Å². The zero-order valence-electron chi connectivity index (χ0n) is 17.8. The van der Waals surface area contributed by atoms with Crippen molar-refractivity contribution >= 4 is 17.5 Å². The molecule has 160 valence electrons. The highest BCUT2D eigenvalue weighted by Crippen LogP contribution is 2.25. The third-order valence-corrected chi connectivity index (χ3v) is 5.47. The second-order valence-electron chi connectivity index (χ2n) is 7.74. The molecule has 2 heterocycles. The van der Waals surface area contributed by atoms with Crippen molar-refractivity contribution in [3.8, 4) is 0 Å². The molecule has 1 N–H and O–H groups in total. The largest absolute Gasteiger partial charge is 0.353 e. The molecule has 1 saturated heterocycles. The monoisotopic (exact) mass is 419 g/mol. The average molecular weight is 420 g/mol. The number of aryl methyl sites for hydroxylation is 2. The highest BCUT2D eigenvalue weighted by molar-refractivity contribution is 5.89. The average Bonchev–Trinajstić information content (AvgIpc) is 2.76. The molecule has 2 amide bonds. The Morgan fingerprint density at radius 3 is 2.45 bits per heavy atom. The second kappa shape index (κ2) is 9.12. The van der Waals surface area contributed by atoms with Crippen LogP contribution in [0.3, 0.4) is 0 Å². The van der Waals surface area contributed by atoms with Gasteiger partial charge in [-0.2, -0.15) is 0 Å². The van der Waals surface area contributed by atoms with Gasteiger partial charge < -0.3 is 15.1 Å². The van der Waals surface area contributed by atoms with Crippen molar-refractivity contribution in [1.29, 1.82) is 0 Å². The maximum Gasteiger partial charge on any atom is 0.321 e. The summed E-state index contributed by atoms with van der Waals surface area (Å²) in [4.78, 5) is 25.9. The van der Waals surface area contributed by atoms with E-state index in [0.717, 1.165) is 29.3 Å². The Kier molecular flexibility index (Phi) is 6.11. The van der Waals surface area contributed by atoms with Crippen LogP contribution in [-0.4, -0.2) is 47.1 Å². The number of benzene rings is 2. The number of hydrogen-bond acceptors (Lipinski definition) is 4. The number of piperazine rings is 1. The standard InChI is InChI=1S/C24H26FN5O/c1-17-22(15-19-7-4-3-5-8-19)23(27-18(2)26-17)29-11-13-30(14-12-29)24(31)28-21-10-6-9-20(25)16-21/h3-10,16H,11-15H2,1-2H3,(H,28,31). The molecule has 4 rings (SSSR count). The van der Waals surface area contributed by atoms with Gasteiger partial charge in [-0.3, -0.25) is 0 Å². The summed E-state index contributed by atoms with van der Waals surface area (Å²) in [6.07, 6.45) is 0.766. The fraction of sp³-hybridized carbons (Fsp3) is 0.292. The first-order valence-electron chi connectivity index (χ1n) is 10.4. The Labute approximate surface area is 181 Å². The quantitative estimate of drug-likeness (QED) is 0.689. The van der Waals surface area contributed by atoms with Crippen LogP contribution in [0.4, 0.5) is 20.7 Å². The summed E-state index contributed by atoms with van der Waals surface area (Å²) >= 11 is 0. The fourth-order valence-electron chi connectivity index (χ4n) is 3.88. The van der Waals surface area contributed by atoms with E-state index in [-0.39, 0.29) is 11.8 Å². The molecule has 3 aromatic rings. The van der Waals surface area contributed by atoms with Crippen molar-refractivity contribution in [2.24, 2.45) is 0 Å². The number of nitrogens with zero attached hydrogens (tertiary/aromatic N) is 4. The zero-order chi connectivity index (χ0) is 21.8. The molecular weight excluding hydrogens is 393 g/mol. The van der Waals surface area contributed by atoms with Crippen LogP contribution < -0.4 is 10.2 Å². The summed E-state index contributed by atoms with van der Waals surface area (Å²) in [6.45, 7) is 6.41. The topological polar surface area (TPSA) is 61.4 Å². The highest BCUT2D eigenvalue weighted by Gasteiger charge is 2.25. The minimum Gasteiger partial charge on any atom is -0.353 e. The molecule has 7 heteroatoms. The number of halogens is 1. The second-order valence-corrected chi connectivity index (χ2v) is 7.74. The lowest BCUT2D eigenvalue weighted by atomic mass is 10.0. The summed E-state index contributed by atoms with van der Waals surface area (Å²) in [6, 6.07) is 16.0. The number of aromatic nitrogens is 2. The summed E-state index contributed by atoms with van der Waals surface area (Å²) in [7, 11) is 0. The lowest BCUT2D eigenvalue weighted by Crippen LogP contribution is -2.50. The van der Waals surface area contributed by atoms with Gasteiger partial charge in [-0.15, -0.1) is 0 Å². The molecule has 1 aliphatic heterocycles. The van der Waals surface area contributed by atoms with Crippen molar-refractivity contribution in [3.63, 3.8) is 0 Å². The molecule has 2 aromatic carbocycles. The maximum absolute atomic E-state index is 13.4. The van der Waals surface area contributed by atoms with Crippen molar-refractivity contribution in [2.45, 2.75) is 20.3 Å². The first-order chi connectivity index (χ1) is 15.0. The fourth-order valence-corrected chi connectivity index (χ4v) is 3.88. The lowest BCUT2D eigenvalue weighted by Gasteiger charge is -2.36. The van der Waals surface area contributed by atoms with Gasteiger partial charge in [0.05, 0.1) is 0 Å². The normalized spacial score (nSPS) is 13.9. The molecule has 0 aliphatic carbocycles. The minimum absolute atomic E-state index is 0.218. The minimum atomic E-state index is -0.372. The van der Waals surface area contributed by atoms with Crippen LogP contribution in [0.1, 0.15) is 22.6 Å². The van der Waals surface area contributed by atoms with E-state index in [0.29, 0.717) is 31.9 Å². The molecule has 0 atom stereocenters. The van der Waals surface area contributed by atoms with E-state index in [1.807, 2.05) is 32.0 Å². The predicted molar refractivity (Wildman–Crippen MR) is 120 cm³/mol. The van der Waals surface area contributed by atoms with Gasteiger partial charge in [0, 0.05) is 49.5 Å². The number of rotatable bonds is 4. The lowest BCUT2D eigenvalue weighted by molar-refractivity contribution is 0.208. The zero-order valence-corrected chi connectivity index (χ0v) is 17.8. The van der Waals surface area contributed by atoms with Crippen molar-refractivity contribution in [2.75, 3.05) is 36.4 Å². The Morgan fingerprint density at radius 2 is 1.74 bits per heavy atom. The number of carbonyl (C=O) groups excluding carboxylic acids is 1. The van der Waals surface area contributed by atoms with E-state index >= 15 is 0 Å². The highest BCUT2D eigenvalue weighted by atomic mass is 19.1. The first-order valence-corrected chi connectivity index (χ1v) is 10.4. The first kappa shape index (κ1) is 20.8. The van der Waals surface area contributed by atoms with Gasteiger partial charge in [0.1, 0.15) is 17.5 Å². The van der Waals surface area contributed by atoms with Gasteiger partial charge in [-0.25, -0.2) is 19.2 Å². The molecule has 0 saturated carbocycles. The smallest absolute Gasteiger partial charge is 0.321 e. The van der Waals surface area contributed by atoms with Gasteiger partial charge in [0.15, 0.2) is 0 Å². The van der Waals surface area contributed by atoms with Crippen molar-refractivity contribution < 1.29 is 9.18 Å². The summed E-state index contributed by atoms with van der Waals surface area (Å²) in [5.41, 5.74) is 3.78. The van der Waals surface area contributed by atoms with E-state index < -0.39 is 0 Å². The van der Waals surface area contributed by atoms with Crippen LogP contribution in [0.5, 0.6) is 0 Å². The SMILES string of the molecule is Cc1nc(C)c(Cc2ccccc2)c(N2CCN(C(=O)Nc3cccc(F)c3)CC2)n1. The number of amides is 2. The van der Waals surface area contributed by atoms with E-state index in [1.54, 1.807) is 17.0 Å². The van der Waals surface area contributed by atoms with E-state index in [4.69, 9.17) is 4.98 Å². The third kappa shape index (κ3) is 4.99. The summed E-state index contributed by atoms with van der Waals surface area (Å²) in [5.74, 6) is 1.32. The van der Waals surface area contributed by atoms with E-state index in [2.05, 4.69) is 27.3 Å². The number of nitrogens with one attached hydrogen (secondary N) is 1. The molecule has 0 unspecified atom stereocenters. The summed E-state index contributed by atoms with van der Waals surface area (Å²) < 4.78 is 13.4. The third-order valence-electron chi connectivity index (χ3n) is 5.47. The van der Waals surface area contributed by atoms with Crippen LogP contribution in [0.2, 0.25) is 0 Å². The van der Waals surface area contributed by atoms with E-state index in [1.165, 1.54) is 17.7 Å². The van der Waals surface area contributed by atoms with Crippen molar-refractivity contribution in [3.05, 3.63) is 83.1 Å². The summed E-state index contributed by atoms with van der Waals surface area (Å²) in [5, 5.41) is 2.77. The van der Waals surface area contributed by atoms with Crippen LogP contribution in [0, 0.1) is 19.7 Å². The molecule has 31 heavy (non-hydrogen) atoms. The van der Waals surface area contributed by atoms with Crippen LogP contribution in [-0.2, 0) is 6.42 Å². The molecule has 6 nitrogen and oxygen atoms in total.